The molecule has 5 nitrogen and oxygen atoms in total. The van der Waals surface area contributed by atoms with Crippen molar-refractivity contribution in [1.82, 2.24) is 4.98 Å². The smallest absolute Gasteiger partial charge is 0.372 e. The first-order valence-corrected chi connectivity index (χ1v) is 12.2. The quantitative estimate of drug-likeness (QED) is 0.417. The number of fused-ring (bicyclic) bond motifs is 1. The Hall–Kier alpha value is -3.55. The van der Waals surface area contributed by atoms with Crippen LogP contribution in [0.15, 0.2) is 54.6 Å². The third kappa shape index (κ3) is 5.03. The van der Waals surface area contributed by atoms with E-state index in [0.29, 0.717) is 23.6 Å². The molecule has 0 saturated carbocycles. The van der Waals surface area contributed by atoms with Crippen LogP contribution in [0.3, 0.4) is 0 Å². The second kappa shape index (κ2) is 10.2. The van der Waals surface area contributed by atoms with Gasteiger partial charge in [0.15, 0.2) is 5.82 Å². The molecule has 2 aromatic carbocycles. The Kier molecular flexibility index (Phi) is 7.24. The fourth-order valence-electron chi connectivity index (χ4n) is 4.64. The van der Waals surface area contributed by atoms with Gasteiger partial charge < -0.3 is 10.2 Å². The second-order valence-corrected chi connectivity index (χ2v) is 9.14. The summed E-state index contributed by atoms with van der Waals surface area (Å²) in [7, 11) is 1.93. The molecule has 0 saturated heterocycles. The lowest BCUT2D eigenvalue weighted by Crippen LogP contribution is -2.42. The number of anilines is 3. The van der Waals surface area contributed by atoms with Crippen LogP contribution in [-0.4, -0.2) is 30.6 Å². The molecule has 0 fully saturated rings. The average molecular weight is 497 g/mol. The number of alkyl halides is 3. The van der Waals surface area contributed by atoms with Crippen LogP contribution in [0.5, 0.6) is 0 Å². The SMILES string of the molecule is CCc1cccc(CC)c1NC(=O)N1c2nc(-c3cccc(C(F)(F)F)c3)ccc2N(C)CC[C@H]1C. The van der Waals surface area contributed by atoms with E-state index >= 15 is 0 Å². The Morgan fingerprint density at radius 2 is 1.72 bits per heavy atom. The molecule has 1 atom stereocenters. The van der Waals surface area contributed by atoms with Crippen LogP contribution in [0, 0.1) is 0 Å². The predicted molar refractivity (Wildman–Crippen MR) is 139 cm³/mol. The van der Waals surface area contributed by atoms with Gasteiger partial charge in [0.1, 0.15) is 0 Å². The first kappa shape index (κ1) is 25.5. The van der Waals surface area contributed by atoms with Gasteiger partial charge in [-0.25, -0.2) is 9.78 Å². The molecule has 0 spiro atoms. The summed E-state index contributed by atoms with van der Waals surface area (Å²) >= 11 is 0. The van der Waals surface area contributed by atoms with Gasteiger partial charge in [-0.3, -0.25) is 4.90 Å². The molecule has 1 aliphatic heterocycles. The van der Waals surface area contributed by atoms with Crippen LogP contribution in [0.1, 0.15) is 43.9 Å². The van der Waals surface area contributed by atoms with Gasteiger partial charge >= 0.3 is 12.2 Å². The van der Waals surface area contributed by atoms with Crippen molar-refractivity contribution in [3.63, 3.8) is 0 Å². The lowest BCUT2D eigenvalue weighted by Gasteiger charge is -2.29. The number of carbonyl (C=O) groups excluding carboxylic acids is 1. The van der Waals surface area contributed by atoms with Crippen molar-refractivity contribution in [3.8, 4) is 11.3 Å². The Morgan fingerprint density at radius 1 is 1.06 bits per heavy atom. The lowest BCUT2D eigenvalue weighted by atomic mass is 10.0. The Labute approximate surface area is 210 Å². The van der Waals surface area contributed by atoms with Gasteiger partial charge in [0, 0.05) is 30.9 Å². The van der Waals surface area contributed by atoms with Crippen LogP contribution in [0.4, 0.5) is 35.2 Å². The van der Waals surface area contributed by atoms with Gasteiger partial charge in [0.25, 0.3) is 0 Å². The molecule has 2 heterocycles. The molecule has 1 aromatic heterocycles. The molecule has 3 aromatic rings. The predicted octanol–water partition coefficient (Wildman–Crippen LogP) is 7.16. The van der Waals surface area contributed by atoms with E-state index in [1.165, 1.54) is 6.07 Å². The van der Waals surface area contributed by atoms with Crippen molar-refractivity contribution >= 4 is 23.2 Å². The zero-order valence-electron chi connectivity index (χ0n) is 21.0. The third-order valence-electron chi connectivity index (χ3n) is 6.75. The molecule has 0 radical (unpaired) electrons. The fourth-order valence-corrected chi connectivity index (χ4v) is 4.64. The highest BCUT2D eigenvalue weighted by Crippen LogP contribution is 2.37. The van der Waals surface area contributed by atoms with Gasteiger partial charge in [-0.05, 0) is 61.6 Å². The molecule has 36 heavy (non-hydrogen) atoms. The molecular formula is C28H31F3N4O. The number of nitrogens with one attached hydrogen (secondary N) is 1. The largest absolute Gasteiger partial charge is 0.416 e. The van der Waals surface area contributed by atoms with Crippen LogP contribution >= 0.6 is 0 Å². The highest BCUT2D eigenvalue weighted by molar-refractivity contribution is 6.04. The van der Waals surface area contributed by atoms with Gasteiger partial charge in [-0.1, -0.05) is 44.2 Å². The minimum absolute atomic E-state index is 0.170. The number of hydrogen-bond acceptors (Lipinski definition) is 3. The first-order valence-electron chi connectivity index (χ1n) is 12.2. The van der Waals surface area contributed by atoms with Crippen molar-refractivity contribution in [2.45, 2.75) is 52.3 Å². The van der Waals surface area contributed by atoms with Crippen molar-refractivity contribution in [1.29, 1.82) is 0 Å². The summed E-state index contributed by atoms with van der Waals surface area (Å²) in [5.41, 5.74) is 3.65. The normalized spacial score (nSPS) is 15.9. The number of halogens is 3. The van der Waals surface area contributed by atoms with E-state index in [9.17, 15) is 18.0 Å². The van der Waals surface area contributed by atoms with Gasteiger partial charge in [-0.15, -0.1) is 0 Å². The third-order valence-corrected chi connectivity index (χ3v) is 6.75. The van der Waals surface area contributed by atoms with Crippen molar-refractivity contribution in [2.75, 3.05) is 28.7 Å². The number of rotatable bonds is 4. The first-order chi connectivity index (χ1) is 17.1. The van der Waals surface area contributed by atoms with E-state index in [-0.39, 0.29) is 12.1 Å². The number of hydrogen-bond donors (Lipinski definition) is 1. The summed E-state index contributed by atoms with van der Waals surface area (Å²) in [6.07, 6.45) is -2.19. The molecule has 1 aliphatic rings. The number of amides is 2. The standard InChI is InChI=1S/C28H31F3N4O/c1-5-19-9-7-10-20(6-2)25(19)33-27(36)35-18(3)15-16-34(4)24-14-13-23(32-26(24)35)21-11-8-12-22(17-21)28(29,30)31/h7-14,17-18H,5-6,15-16H2,1-4H3,(H,33,36)/t18-/m1/s1. The molecular weight excluding hydrogens is 465 g/mol. The summed E-state index contributed by atoms with van der Waals surface area (Å²) in [6, 6.07) is 14.2. The molecule has 4 rings (SSSR count). The summed E-state index contributed by atoms with van der Waals surface area (Å²) in [5, 5.41) is 3.13. The maximum atomic E-state index is 13.8. The van der Waals surface area contributed by atoms with Crippen LogP contribution < -0.4 is 15.1 Å². The number of benzene rings is 2. The summed E-state index contributed by atoms with van der Waals surface area (Å²) in [5.74, 6) is 0.432. The molecule has 0 unspecified atom stereocenters. The van der Waals surface area contributed by atoms with E-state index in [4.69, 9.17) is 4.98 Å². The zero-order valence-corrected chi connectivity index (χ0v) is 21.0. The Balaban J connectivity index is 1.79. The minimum atomic E-state index is -4.45. The van der Waals surface area contributed by atoms with E-state index < -0.39 is 11.7 Å². The topological polar surface area (TPSA) is 48.5 Å². The number of aromatic nitrogens is 1. The highest BCUT2D eigenvalue weighted by atomic mass is 19.4. The van der Waals surface area contributed by atoms with Crippen molar-refractivity contribution in [2.24, 2.45) is 0 Å². The van der Waals surface area contributed by atoms with Crippen LogP contribution in [-0.2, 0) is 19.0 Å². The minimum Gasteiger partial charge on any atom is -0.372 e. The van der Waals surface area contributed by atoms with Gasteiger partial charge in [0.05, 0.1) is 16.9 Å². The van der Waals surface area contributed by atoms with E-state index in [1.807, 2.05) is 57.0 Å². The maximum absolute atomic E-state index is 13.8. The number of para-hydroxylation sites is 1. The van der Waals surface area contributed by atoms with E-state index in [0.717, 1.165) is 53.9 Å². The molecule has 0 bridgehead atoms. The van der Waals surface area contributed by atoms with Crippen LogP contribution in [0.2, 0.25) is 0 Å². The summed E-state index contributed by atoms with van der Waals surface area (Å²) < 4.78 is 40.0. The zero-order chi connectivity index (χ0) is 26.0. The van der Waals surface area contributed by atoms with E-state index in [1.54, 1.807) is 17.0 Å². The number of aryl methyl sites for hydroxylation is 2. The molecule has 1 N–H and O–H groups in total. The molecule has 190 valence electrons. The van der Waals surface area contributed by atoms with Crippen molar-refractivity contribution < 1.29 is 18.0 Å². The number of pyridine rings is 1. The molecule has 0 aliphatic carbocycles. The average Bonchev–Trinajstić information content (AvgIpc) is 2.99. The molecule has 2 amide bonds. The van der Waals surface area contributed by atoms with Gasteiger partial charge in [0.2, 0.25) is 0 Å². The van der Waals surface area contributed by atoms with Crippen molar-refractivity contribution in [3.05, 3.63) is 71.3 Å². The Bertz CT molecular complexity index is 1240. The van der Waals surface area contributed by atoms with Gasteiger partial charge in [-0.2, -0.15) is 13.2 Å². The van der Waals surface area contributed by atoms with Crippen LogP contribution in [0.25, 0.3) is 11.3 Å². The van der Waals surface area contributed by atoms with E-state index in [2.05, 4.69) is 5.32 Å². The summed E-state index contributed by atoms with van der Waals surface area (Å²) in [4.78, 5) is 22.2. The number of urea groups is 1. The lowest BCUT2D eigenvalue weighted by molar-refractivity contribution is -0.137. The number of carbonyl (C=O) groups is 1. The number of nitrogens with zero attached hydrogens (tertiary/aromatic N) is 3. The second-order valence-electron chi connectivity index (χ2n) is 9.14. The molecule has 8 heteroatoms. The maximum Gasteiger partial charge on any atom is 0.416 e. The monoisotopic (exact) mass is 496 g/mol. The fraction of sp³-hybridized carbons (Fsp3) is 0.357. The Morgan fingerprint density at radius 3 is 2.36 bits per heavy atom. The highest BCUT2D eigenvalue weighted by Gasteiger charge is 2.32. The summed E-state index contributed by atoms with van der Waals surface area (Å²) in [6.45, 7) is 6.78.